The summed E-state index contributed by atoms with van der Waals surface area (Å²) >= 11 is 19.2. The minimum Gasteiger partial charge on any atom is -0.362 e. The van der Waals surface area contributed by atoms with Crippen LogP contribution in [-0.4, -0.2) is 29.9 Å². The van der Waals surface area contributed by atoms with E-state index < -0.39 is 0 Å². The Balaban J connectivity index is 1.43. The van der Waals surface area contributed by atoms with Crippen molar-refractivity contribution in [2.45, 2.75) is 25.5 Å². The summed E-state index contributed by atoms with van der Waals surface area (Å²) in [4.78, 5) is 13.9. The van der Waals surface area contributed by atoms with Crippen molar-refractivity contribution >= 4 is 69.6 Å². The van der Waals surface area contributed by atoms with Gasteiger partial charge in [-0.1, -0.05) is 35.3 Å². The molecule has 3 rings (SSSR count). The second kappa shape index (κ2) is 10.5. The fourth-order valence-corrected chi connectivity index (χ4v) is 4.46. The molecular weight excluding hydrogens is 445 g/mol. The summed E-state index contributed by atoms with van der Waals surface area (Å²) in [5.74, 6) is 1.96. The second-order valence-electron chi connectivity index (χ2n) is 6.83. The van der Waals surface area contributed by atoms with Crippen LogP contribution in [0, 0.1) is 6.92 Å². The summed E-state index contributed by atoms with van der Waals surface area (Å²) in [5.41, 5.74) is 4.07. The molecule has 8 heteroatoms. The number of halogens is 2. The summed E-state index contributed by atoms with van der Waals surface area (Å²) in [5, 5.41) is 8.17. The molecule has 1 amide bonds. The van der Waals surface area contributed by atoms with Gasteiger partial charge in [-0.05, 0) is 61.0 Å². The van der Waals surface area contributed by atoms with Gasteiger partial charge in [0.1, 0.15) is 0 Å². The van der Waals surface area contributed by atoms with Crippen molar-refractivity contribution in [1.82, 2.24) is 5.32 Å². The van der Waals surface area contributed by atoms with E-state index in [1.165, 1.54) is 0 Å². The molecule has 0 saturated carbocycles. The second-order valence-corrected chi connectivity index (χ2v) is 9.16. The summed E-state index contributed by atoms with van der Waals surface area (Å²) in [7, 11) is 0. The predicted molar refractivity (Wildman–Crippen MR) is 130 cm³/mol. The zero-order valence-electron chi connectivity index (χ0n) is 16.1. The van der Waals surface area contributed by atoms with Crippen LogP contribution in [0.5, 0.6) is 0 Å². The third kappa shape index (κ3) is 6.25. The molecule has 2 N–H and O–H groups in total. The zero-order chi connectivity index (χ0) is 20.8. The van der Waals surface area contributed by atoms with Gasteiger partial charge >= 0.3 is 0 Å². The molecule has 1 aliphatic heterocycles. The third-order valence-corrected chi connectivity index (χ3v) is 6.63. The summed E-state index contributed by atoms with van der Waals surface area (Å²) in [6, 6.07) is 11.7. The van der Waals surface area contributed by atoms with Crippen LogP contribution in [0.15, 0.2) is 36.4 Å². The first kappa shape index (κ1) is 22.2. The molecule has 1 aliphatic rings. The van der Waals surface area contributed by atoms with E-state index in [2.05, 4.69) is 10.6 Å². The van der Waals surface area contributed by atoms with Crippen molar-refractivity contribution in [3.63, 3.8) is 0 Å². The molecule has 0 radical (unpaired) electrons. The molecule has 0 aromatic heterocycles. The van der Waals surface area contributed by atoms with Gasteiger partial charge in [0.2, 0.25) is 5.91 Å². The number of amides is 1. The standard InChI is InChI=1S/C21H23Cl2N3OS2/c1-14-4-6-16(12-19(14)26-9-2-3-20(26)27)25-21(28)24-8-10-29-13-15-5-7-17(22)18(23)11-15/h4-7,11-12H,2-3,8-10,13H2,1H3,(H2,24,25,28). The van der Waals surface area contributed by atoms with Crippen molar-refractivity contribution in [3.05, 3.63) is 57.6 Å². The van der Waals surface area contributed by atoms with Crippen molar-refractivity contribution in [2.24, 2.45) is 0 Å². The fourth-order valence-electron chi connectivity index (χ4n) is 3.11. The van der Waals surface area contributed by atoms with Gasteiger partial charge in [-0.25, -0.2) is 0 Å². The smallest absolute Gasteiger partial charge is 0.227 e. The lowest BCUT2D eigenvalue weighted by Crippen LogP contribution is -2.30. The van der Waals surface area contributed by atoms with E-state index in [1.54, 1.807) is 11.8 Å². The number of nitrogens with zero attached hydrogens (tertiary/aromatic N) is 1. The van der Waals surface area contributed by atoms with Crippen LogP contribution in [-0.2, 0) is 10.5 Å². The molecule has 1 fully saturated rings. The average Bonchev–Trinajstić information content (AvgIpc) is 3.11. The number of carbonyl (C=O) groups excluding carboxylic acids is 1. The first-order valence-electron chi connectivity index (χ1n) is 9.41. The monoisotopic (exact) mass is 467 g/mol. The number of hydrogen-bond acceptors (Lipinski definition) is 3. The molecule has 0 spiro atoms. The van der Waals surface area contributed by atoms with E-state index in [-0.39, 0.29) is 5.91 Å². The van der Waals surface area contributed by atoms with E-state index in [4.69, 9.17) is 35.4 Å². The lowest BCUT2D eigenvalue weighted by atomic mass is 10.1. The molecule has 0 unspecified atom stereocenters. The number of thioether (sulfide) groups is 1. The minimum absolute atomic E-state index is 0.185. The Morgan fingerprint density at radius 2 is 2.03 bits per heavy atom. The van der Waals surface area contributed by atoms with Crippen molar-refractivity contribution in [1.29, 1.82) is 0 Å². The molecule has 29 heavy (non-hydrogen) atoms. The Morgan fingerprint density at radius 1 is 1.21 bits per heavy atom. The molecule has 0 aliphatic carbocycles. The number of hydrogen-bond donors (Lipinski definition) is 2. The highest BCUT2D eigenvalue weighted by molar-refractivity contribution is 7.98. The van der Waals surface area contributed by atoms with E-state index in [9.17, 15) is 4.79 Å². The highest BCUT2D eigenvalue weighted by atomic mass is 35.5. The topological polar surface area (TPSA) is 44.4 Å². The van der Waals surface area contributed by atoms with Gasteiger partial charge in [-0.2, -0.15) is 11.8 Å². The first-order chi connectivity index (χ1) is 13.9. The van der Waals surface area contributed by atoms with Gasteiger partial charge in [0.25, 0.3) is 0 Å². The highest BCUT2D eigenvalue weighted by Crippen LogP contribution is 2.28. The SMILES string of the molecule is Cc1ccc(NC(=S)NCCSCc2ccc(Cl)c(Cl)c2)cc1N1CCCC1=O. The van der Waals surface area contributed by atoms with Gasteiger partial charge < -0.3 is 15.5 Å². The molecule has 1 saturated heterocycles. The molecule has 2 aromatic carbocycles. The Hall–Kier alpha value is -1.47. The van der Waals surface area contributed by atoms with E-state index in [0.29, 0.717) is 21.6 Å². The van der Waals surface area contributed by atoms with Crippen LogP contribution >= 0.6 is 47.2 Å². The fraction of sp³-hybridized carbons (Fsp3) is 0.333. The maximum absolute atomic E-state index is 12.1. The Morgan fingerprint density at radius 3 is 2.76 bits per heavy atom. The predicted octanol–water partition coefficient (Wildman–Crippen LogP) is 5.65. The third-order valence-electron chi connectivity index (χ3n) is 4.62. The van der Waals surface area contributed by atoms with Crippen LogP contribution in [0.25, 0.3) is 0 Å². The lowest BCUT2D eigenvalue weighted by Gasteiger charge is -2.20. The maximum atomic E-state index is 12.1. The highest BCUT2D eigenvalue weighted by Gasteiger charge is 2.23. The Kier molecular flexibility index (Phi) is 8.07. The van der Waals surface area contributed by atoms with Crippen LogP contribution in [0.3, 0.4) is 0 Å². The Labute approximate surface area is 191 Å². The zero-order valence-corrected chi connectivity index (χ0v) is 19.3. The van der Waals surface area contributed by atoms with Gasteiger partial charge in [0, 0.05) is 42.4 Å². The van der Waals surface area contributed by atoms with Gasteiger partial charge in [-0.15, -0.1) is 0 Å². The number of rotatable bonds is 7. The minimum atomic E-state index is 0.185. The number of nitrogens with one attached hydrogen (secondary N) is 2. The summed E-state index contributed by atoms with van der Waals surface area (Å²) in [6.07, 6.45) is 1.53. The van der Waals surface area contributed by atoms with E-state index in [0.717, 1.165) is 53.5 Å². The normalized spacial score (nSPS) is 13.6. The summed E-state index contributed by atoms with van der Waals surface area (Å²) < 4.78 is 0. The van der Waals surface area contributed by atoms with E-state index >= 15 is 0 Å². The molecule has 0 bridgehead atoms. The summed E-state index contributed by atoms with van der Waals surface area (Å²) in [6.45, 7) is 3.55. The average molecular weight is 468 g/mol. The number of carbonyl (C=O) groups is 1. The Bertz CT molecular complexity index is 907. The van der Waals surface area contributed by atoms with Crippen LogP contribution < -0.4 is 15.5 Å². The van der Waals surface area contributed by atoms with E-state index in [1.807, 2.05) is 48.2 Å². The van der Waals surface area contributed by atoms with Gasteiger partial charge in [0.05, 0.1) is 10.0 Å². The van der Waals surface area contributed by atoms with Crippen molar-refractivity contribution in [2.75, 3.05) is 29.1 Å². The maximum Gasteiger partial charge on any atom is 0.227 e. The van der Waals surface area contributed by atoms with Gasteiger partial charge in [-0.3, -0.25) is 4.79 Å². The molecule has 0 atom stereocenters. The number of aryl methyl sites for hydroxylation is 1. The van der Waals surface area contributed by atoms with Crippen LogP contribution in [0.2, 0.25) is 10.0 Å². The number of anilines is 2. The van der Waals surface area contributed by atoms with Crippen LogP contribution in [0.4, 0.5) is 11.4 Å². The molecule has 154 valence electrons. The van der Waals surface area contributed by atoms with Gasteiger partial charge in [0.15, 0.2) is 5.11 Å². The van der Waals surface area contributed by atoms with Crippen molar-refractivity contribution < 1.29 is 4.79 Å². The van der Waals surface area contributed by atoms with Crippen LogP contribution in [0.1, 0.15) is 24.0 Å². The molecular formula is C21H23Cl2N3OS2. The molecule has 2 aromatic rings. The first-order valence-corrected chi connectivity index (χ1v) is 11.7. The molecule has 1 heterocycles. The molecule has 4 nitrogen and oxygen atoms in total. The largest absolute Gasteiger partial charge is 0.362 e. The quantitative estimate of drug-likeness (QED) is 0.406. The van der Waals surface area contributed by atoms with Crippen molar-refractivity contribution in [3.8, 4) is 0 Å². The lowest BCUT2D eigenvalue weighted by molar-refractivity contribution is -0.117. The number of benzene rings is 2. The number of thiocarbonyl (C=S) groups is 1.